The van der Waals surface area contributed by atoms with Crippen LogP contribution in [0.2, 0.25) is 0 Å². The summed E-state index contributed by atoms with van der Waals surface area (Å²) in [6, 6.07) is 10.5. The van der Waals surface area contributed by atoms with E-state index in [1.165, 1.54) is 24.0 Å². The van der Waals surface area contributed by atoms with Crippen LogP contribution >= 0.6 is 12.4 Å². The molecule has 0 bridgehead atoms. The molecule has 0 atom stereocenters. The summed E-state index contributed by atoms with van der Waals surface area (Å²) in [5, 5.41) is 3.44. The van der Waals surface area contributed by atoms with Gasteiger partial charge < -0.3 is 5.32 Å². The smallest absolute Gasteiger partial charge is 0.0165 e. The highest BCUT2D eigenvalue weighted by molar-refractivity contribution is 5.85. The quantitative estimate of drug-likeness (QED) is 0.743. The van der Waals surface area contributed by atoms with Gasteiger partial charge in [0, 0.05) is 6.54 Å². The number of unbranched alkanes of at least 4 members (excludes halogenated alkanes) is 1. The lowest BCUT2D eigenvalue weighted by molar-refractivity contribution is 0.672. The van der Waals surface area contributed by atoms with Gasteiger partial charge in [0.15, 0.2) is 0 Å². The summed E-state index contributed by atoms with van der Waals surface area (Å²) >= 11 is 0. The molecule has 16 heavy (non-hydrogen) atoms. The minimum Gasteiger partial charge on any atom is -0.313 e. The Morgan fingerprint density at radius 3 is 2.56 bits per heavy atom. The van der Waals surface area contributed by atoms with Crippen LogP contribution < -0.4 is 5.32 Å². The SMILES string of the molecule is CCCCNC/C(C)=C/c1ccccc1.Cl. The molecular formula is C14H22ClN. The fraction of sp³-hybridized carbons (Fsp3) is 0.429. The number of benzene rings is 1. The molecule has 0 spiro atoms. The third-order valence-corrected chi connectivity index (χ3v) is 2.32. The lowest BCUT2D eigenvalue weighted by Gasteiger charge is -2.04. The van der Waals surface area contributed by atoms with Crippen molar-refractivity contribution < 1.29 is 0 Å². The molecule has 0 heterocycles. The van der Waals surface area contributed by atoms with Crippen molar-refractivity contribution in [3.63, 3.8) is 0 Å². The molecule has 0 aliphatic carbocycles. The van der Waals surface area contributed by atoms with Crippen LogP contribution in [0.3, 0.4) is 0 Å². The zero-order chi connectivity index (χ0) is 10.9. The van der Waals surface area contributed by atoms with Crippen LogP contribution in [-0.4, -0.2) is 13.1 Å². The molecule has 1 rings (SSSR count). The molecule has 1 N–H and O–H groups in total. The Morgan fingerprint density at radius 1 is 1.25 bits per heavy atom. The number of hydrogen-bond acceptors (Lipinski definition) is 1. The molecule has 0 saturated heterocycles. The highest BCUT2D eigenvalue weighted by atomic mass is 35.5. The summed E-state index contributed by atoms with van der Waals surface area (Å²) in [6.45, 7) is 6.51. The zero-order valence-electron chi connectivity index (χ0n) is 10.2. The normalized spacial score (nSPS) is 11.0. The Labute approximate surface area is 105 Å². The number of rotatable bonds is 6. The van der Waals surface area contributed by atoms with E-state index in [1.807, 2.05) is 6.07 Å². The van der Waals surface area contributed by atoms with Gasteiger partial charge in [-0.25, -0.2) is 0 Å². The first-order chi connectivity index (χ1) is 7.33. The van der Waals surface area contributed by atoms with Gasteiger partial charge in [-0.05, 0) is 25.5 Å². The summed E-state index contributed by atoms with van der Waals surface area (Å²) < 4.78 is 0. The monoisotopic (exact) mass is 239 g/mol. The predicted molar refractivity (Wildman–Crippen MR) is 75.1 cm³/mol. The van der Waals surface area contributed by atoms with Gasteiger partial charge in [0.05, 0.1) is 0 Å². The third kappa shape index (κ3) is 6.65. The Kier molecular flexibility index (Phi) is 8.97. The molecule has 0 fully saturated rings. The Bertz CT molecular complexity index is 293. The summed E-state index contributed by atoms with van der Waals surface area (Å²) in [5.74, 6) is 0. The van der Waals surface area contributed by atoms with Crippen molar-refractivity contribution in [3.05, 3.63) is 41.5 Å². The van der Waals surface area contributed by atoms with Gasteiger partial charge in [0.25, 0.3) is 0 Å². The van der Waals surface area contributed by atoms with E-state index in [1.54, 1.807) is 0 Å². The molecule has 0 unspecified atom stereocenters. The number of hydrogen-bond donors (Lipinski definition) is 1. The van der Waals surface area contributed by atoms with Gasteiger partial charge in [-0.15, -0.1) is 12.4 Å². The number of nitrogens with one attached hydrogen (secondary N) is 1. The topological polar surface area (TPSA) is 12.0 Å². The second-order valence-corrected chi connectivity index (χ2v) is 3.93. The molecule has 0 aliphatic heterocycles. The van der Waals surface area contributed by atoms with Crippen molar-refractivity contribution in [2.45, 2.75) is 26.7 Å². The first kappa shape index (κ1) is 15.2. The highest BCUT2D eigenvalue weighted by Gasteiger charge is 1.90. The molecule has 0 aliphatic rings. The second-order valence-electron chi connectivity index (χ2n) is 3.93. The summed E-state index contributed by atoms with van der Waals surface area (Å²) in [6.07, 6.45) is 4.76. The van der Waals surface area contributed by atoms with Gasteiger partial charge in [0.1, 0.15) is 0 Å². The molecule has 90 valence electrons. The zero-order valence-corrected chi connectivity index (χ0v) is 11.0. The van der Waals surface area contributed by atoms with Crippen LogP contribution in [0, 0.1) is 0 Å². The highest BCUT2D eigenvalue weighted by Crippen LogP contribution is 2.04. The Hall–Kier alpha value is -0.790. The first-order valence-corrected chi connectivity index (χ1v) is 5.76. The molecule has 1 aromatic carbocycles. The molecule has 0 aromatic heterocycles. The molecule has 1 aromatic rings. The van der Waals surface area contributed by atoms with E-state index in [0.717, 1.165) is 13.1 Å². The lowest BCUT2D eigenvalue weighted by atomic mass is 10.1. The van der Waals surface area contributed by atoms with Crippen molar-refractivity contribution in [3.8, 4) is 0 Å². The van der Waals surface area contributed by atoms with Crippen LogP contribution in [0.25, 0.3) is 6.08 Å². The Morgan fingerprint density at radius 2 is 1.94 bits per heavy atom. The Balaban J connectivity index is 0.00000225. The second kappa shape index (κ2) is 9.44. The maximum absolute atomic E-state index is 3.44. The van der Waals surface area contributed by atoms with Gasteiger partial charge in [-0.1, -0.05) is 55.3 Å². The maximum atomic E-state index is 3.44. The fourth-order valence-electron chi connectivity index (χ4n) is 1.47. The van der Waals surface area contributed by atoms with Gasteiger partial charge in [0.2, 0.25) is 0 Å². The van der Waals surface area contributed by atoms with Crippen molar-refractivity contribution in [1.29, 1.82) is 0 Å². The van der Waals surface area contributed by atoms with E-state index in [4.69, 9.17) is 0 Å². The lowest BCUT2D eigenvalue weighted by Crippen LogP contribution is -2.17. The van der Waals surface area contributed by atoms with Crippen LogP contribution in [-0.2, 0) is 0 Å². The van der Waals surface area contributed by atoms with Crippen LogP contribution in [0.15, 0.2) is 35.9 Å². The van der Waals surface area contributed by atoms with Crippen LogP contribution in [0.1, 0.15) is 32.3 Å². The summed E-state index contributed by atoms with van der Waals surface area (Å²) in [5.41, 5.74) is 2.67. The minimum atomic E-state index is 0. The van der Waals surface area contributed by atoms with E-state index in [0.29, 0.717) is 0 Å². The van der Waals surface area contributed by atoms with Crippen molar-refractivity contribution >= 4 is 18.5 Å². The average Bonchev–Trinajstić information content (AvgIpc) is 2.26. The predicted octanol–water partition coefficient (Wildman–Crippen LogP) is 3.90. The fourth-order valence-corrected chi connectivity index (χ4v) is 1.47. The van der Waals surface area contributed by atoms with Gasteiger partial charge >= 0.3 is 0 Å². The minimum absolute atomic E-state index is 0. The van der Waals surface area contributed by atoms with Crippen molar-refractivity contribution in [2.75, 3.05) is 13.1 Å². The van der Waals surface area contributed by atoms with Gasteiger partial charge in [-0.2, -0.15) is 0 Å². The standard InChI is InChI=1S/C14H21N.ClH/c1-3-4-10-15-12-13(2)11-14-8-6-5-7-9-14;/h5-9,11,15H,3-4,10,12H2,1-2H3;1H/b13-11+;. The molecule has 2 heteroatoms. The van der Waals surface area contributed by atoms with E-state index < -0.39 is 0 Å². The van der Waals surface area contributed by atoms with Crippen molar-refractivity contribution in [2.24, 2.45) is 0 Å². The van der Waals surface area contributed by atoms with E-state index in [2.05, 4.69) is 49.5 Å². The maximum Gasteiger partial charge on any atom is 0.0165 e. The van der Waals surface area contributed by atoms with Crippen LogP contribution in [0.5, 0.6) is 0 Å². The molecular weight excluding hydrogens is 218 g/mol. The van der Waals surface area contributed by atoms with Crippen molar-refractivity contribution in [1.82, 2.24) is 5.32 Å². The van der Waals surface area contributed by atoms with Gasteiger partial charge in [-0.3, -0.25) is 0 Å². The van der Waals surface area contributed by atoms with E-state index >= 15 is 0 Å². The largest absolute Gasteiger partial charge is 0.313 e. The average molecular weight is 240 g/mol. The first-order valence-electron chi connectivity index (χ1n) is 5.76. The van der Waals surface area contributed by atoms with E-state index in [-0.39, 0.29) is 12.4 Å². The molecule has 0 radical (unpaired) electrons. The van der Waals surface area contributed by atoms with E-state index in [9.17, 15) is 0 Å². The third-order valence-electron chi connectivity index (χ3n) is 2.32. The number of halogens is 1. The molecule has 0 saturated carbocycles. The molecule has 0 amide bonds. The van der Waals surface area contributed by atoms with Crippen LogP contribution in [0.4, 0.5) is 0 Å². The summed E-state index contributed by atoms with van der Waals surface area (Å²) in [4.78, 5) is 0. The summed E-state index contributed by atoms with van der Waals surface area (Å²) in [7, 11) is 0. The molecule has 1 nitrogen and oxygen atoms in total.